The maximum atomic E-state index is 10.5. The third-order valence-electron chi connectivity index (χ3n) is 3.47. The van der Waals surface area contributed by atoms with Gasteiger partial charge in [-0.05, 0) is 25.0 Å². The molecule has 1 aromatic rings. The molecule has 1 unspecified atom stereocenters. The minimum atomic E-state index is -0.717. The lowest BCUT2D eigenvalue weighted by molar-refractivity contribution is 0.0441. The lowest BCUT2D eigenvalue weighted by Crippen LogP contribution is -2.21. The molecule has 0 radical (unpaired) electrons. The SMILES string of the molecule is CCCCCCCCC(C)(O)c1ccccc1Br. The smallest absolute Gasteiger partial charge is 0.0879 e. The summed E-state index contributed by atoms with van der Waals surface area (Å²) in [6.07, 6.45) is 8.39. The molecule has 0 aromatic heterocycles. The molecular weight excluding hydrogens is 288 g/mol. The monoisotopic (exact) mass is 312 g/mol. The van der Waals surface area contributed by atoms with Crippen LogP contribution in [0.1, 0.15) is 64.4 Å². The third kappa shape index (κ3) is 5.11. The van der Waals surface area contributed by atoms with E-state index in [1.54, 1.807) is 0 Å². The van der Waals surface area contributed by atoms with Gasteiger partial charge >= 0.3 is 0 Å². The minimum Gasteiger partial charge on any atom is -0.385 e. The van der Waals surface area contributed by atoms with Crippen molar-refractivity contribution >= 4 is 15.9 Å². The molecule has 1 aromatic carbocycles. The highest BCUT2D eigenvalue weighted by Gasteiger charge is 2.24. The van der Waals surface area contributed by atoms with Crippen molar-refractivity contribution in [3.05, 3.63) is 34.3 Å². The fourth-order valence-corrected chi connectivity index (χ4v) is 2.99. The van der Waals surface area contributed by atoms with E-state index in [4.69, 9.17) is 0 Å². The largest absolute Gasteiger partial charge is 0.385 e. The van der Waals surface area contributed by atoms with Crippen molar-refractivity contribution in [2.75, 3.05) is 0 Å². The predicted octanol–water partition coefficient (Wildman–Crippen LogP) is 5.41. The van der Waals surface area contributed by atoms with Gasteiger partial charge in [-0.3, -0.25) is 0 Å². The van der Waals surface area contributed by atoms with Crippen LogP contribution in [0.3, 0.4) is 0 Å². The van der Waals surface area contributed by atoms with E-state index in [-0.39, 0.29) is 0 Å². The van der Waals surface area contributed by atoms with Crippen LogP contribution in [-0.2, 0) is 5.60 Å². The van der Waals surface area contributed by atoms with Gasteiger partial charge in [0.1, 0.15) is 0 Å². The first kappa shape index (κ1) is 15.7. The van der Waals surface area contributed by atoms with E-state index < -0.39 is 5.60 Å². The molecule has 0 amide bonds. The van der Waals surface area contributed by atoms with Gasteiger partial charge in [0.05, 0.1) is 5.60 Å². The summed E-state index contributed by atoms with van der Waals surface area (Å²) in [7, 11) is 0. The van der Waals surface area contributed by atoms with Crippen LogP contribution in [0.5, 0.6) is 0 Å². The second-order valence-electron chi connectivity index (χ2n) is 5.27. The number of unbranched alkanes of at least 4 members (excludes halogenated alkanes) is 5. The number of halogens is 1. The Morgan fingerprint density at radius 3 is 2.33 bits per heavy atom. The number of hydrogen-bond donors (Lipinski definition) is 1. The van der Waals surface area contributed by atoms with Crippen LogP contribution in [0.25, 0.3) is 0 Å². The fourth-order valence-electron chi connectivity index (χ4n) is 2.28. The average molecular weight is 313 g/mol. The van der Waals surface area contributed by atoms with E-state index in [0.29, 0.717) is 0 Å². The van der Waals surface area contributed by atoms with Gasteiger partial charge in [-0.1, -0.05) is 79.6 Å². The lowest BCUT2D eigenvalue weighted by Gasteiger charge is -2.25. The summed E-state index contributed by atoms with van der Waals surface area (Å²) in [6.45, 7) is 4.15. The molecule has 0 aliphatic heterocycles. The Hall–Kier alpha value is -0.340. The van der Waals surface area contributed by atoms with Crippen LogP contribution in [0, 0.1) is 0 Å². The second kappa shape index (κ2) is 7.96. The molecule has 0 heterocycles. The molecule has 102 valence electrons. The number of hydrogen-bond acceptors (Lipinski definition) is 1. The van der Waals surface area contributed by atoms with Crippen molar-refractivity contribution in [1.29, 1.82) is 0 Å². The zero-order valence-corrected chi connectivity index (χ0v) is 13.2. The van der Waals surface area contributed by atoms with Crippen molar-refractivity contribution in [3.63, 3.8) is 0 Å². The quantitative estimate of drug-likeness (QED) is 0.636. The third-order valence-corrected chi connectivity index (χ3v) is 4.16. The van der Waals surface area contributed by atoms with Crippen LogP contribution < -0.4 is 0 Å². The first-order valence-corrected chi connectivity index (χ1v) is 7.84. The van der Waals surface area contributed by atoms with Gasteiger partial charge in [0.25, 0.3) is 0 Å². The van der Waals surface area contributed by atoms with Crippen LogP contribution in [0.15, 0.2) is 28.7 Å². The molecule has 1 atom stereocenters. The van der Waals surface area contributed by atoms with E-state index in [0.717, 1.165) is 22.9 Å². The number of rotatable bonds is 8. The standard InChI is InChI=1S/C16H25BrO/c1-3-4-5-6-7-10-13-16(2,18)14-11-8-9-12-15(14)17/h8-9,11-12,18H,3-7,10,13H2,1-2H3. The summed E-state index contributed by atoms with van der Waals surface area (Å²) in [5.41, 5.74) is 0.281. The molecule has 1 nitrogen and oxygen atoms in total. The normalized spacial score (nSPS) is 14.4. The van der Waals surface area contributed by atoms with Gasteiger partial charge in [0.2, 0.25) is 0 Å². The van der Waals surface area contributed by atoms with Crippen LogP contribution in [-0.4, -0.2) is 5.11 Å². The van der Waals surface area contributed by atoms with Crippen LogP contribution in [0.2, 0.25) is 0 Å². The Bertz CT molecular complexity index is 347. The minimum absolute atomic E-state index is 0.717. The lowest BCUT2D eigenvalue weighted by atomic mass is 9.90. The average Bonchev–Trinajstić information content (AvgIpc) is 2.34. The predicted molar refractivity (Wildman–Crippen MR) is 81.7 cm³/mol. The van der Waals surface area contributed by atoms with E-state index in [1.807, 2.05) is 31.2 Å². The number of aliphatic hydroxyl groups is 1. The van der Waals surface area contributed by atoms with Crippen molar-refractivity contribution < 1.29 is 5.11 Å². The van der Waals surface area contributed by atoms with Gasteiger partial charge in [-0.25, -0.2) is 0 Å². The Labute approximate surface area is 120 Å². The summed E-state index contributed by atoms with van der Waals surface area (Å²) in [4.78, 5) is 0. The second-order valence-corrected chi connectivity index (χ2v) is 6.13. The van der Waals surface area contributed by atoms with Gasteiger partial charge < -0.3 is 5.11 Å². The molecule has 0 bridgehead atoms. The Balaban J connectivity index is 2.38. The summed E-state index contributed by atoms with van der Waals surface area (Å²) in [5.74, 6) is 0. The molecule has 0 fully saturated rings. The molecule has 0 aliphatic rings. The van der Waals surface area contributed by atoms with E-state index in [2.05, 4.69) is 22.9 Å². The first-order chi connectivity index (χ1) is 8.58. The maximum Gasteiger partial charge on any atom is 0.0879 e. The Kier molecular flexibility index (Phi) is 6.95. The highest BCUT2D eigenvalue weighted by molar-refractivity contribution is 9.10. The molecule has 1 rings (SSSR count). The molecule has 0 spiro atoms. The summed E-state index contributed by atoms with van der Waals surface area (Å²) < 4.78 is 1.00. The Morgan fingerprint density at radius 2 is 1.67 bits per heavy atom. The zero-order chi connectivity index (χ0) is 13.4. The molecule has 0 saturated carbocycles. The fraction of sp³-hybridized carbons (Fsp3) is 0.625. The van der Waals surface area contributed by atoms with Crippen molar-refractivity contribution in [2.24, 2.45) is 0 Å². The molecular formula is C16H25BrO. The first-order valence-electron chi connectivity index (χ1n) is 7.05. The van der Waals surface area contributed by atoms with Crippen LogP contribution >= 0.6 is 15.9 Å². The molecule has 18 heavy (non-hydrogen) atoms. The highest BCUT2D eigenvalue weighted by Crippen LogP contribution is 2.32. The summed E-state index contributed by atoms with van der Waals surface area (Å²) in [6, 6.07) is 7.95. The summed E-state index contributed by atoms with van der Waals surface area (Å²) in [5, 5.41) is 10.5. The highest BCUT2D eigenvalue weighted by atomic mass is 79.9. The van der Waals surface area contributed by atoms with E-state index in [1.165, 1.54) is 32.1 Å². The van der Waals surface area contributed by atoms with Gasteiger partial charge in [0.15, 0.2) is 0 Å². The van der Waals surface area contributed by atoms with Crippen LogP contribution in [0.4, 0.5) is 0 Å². The van der Waals surface area contributed by atoms with Gasteiger partial charge in [-0.15, -0.1) is 0 Å². The number of benzene rings is 1. The Morgan fingerprint density at radius 1 is 1.06 bits per heavy atom. The zero-order valence-electron chi connectivity index (χ0n) is 11.6. The summed E-state index contributed by atoms with van der Waals surface area (Å²) >= 11 is 3.52. The maximum absolute atomic E-state index is 10.5. The van der Waals surface area contributed by atoms with Crippen molar-refractivity contribution in [3.8, 4) is 0 Å². The van der Waals surface area contributed by atoms with Gasteiger partial charge in [-0.2, -0.15) is 0 Å². The van der Waals surface area contributed by atoms with Gasteiger partial charge in [0, 0.05) is 4.47 Å². The van der Waals surface area contributed by atoms with E-state index in [9.17, 15) is 5.11 Å². The molecule has 0 aliphatic carbocycles. The van der Waals surface area contributed by atoms with E-state index >= 15 is 0 Å². The topological polar surface area (TPSA) is 20.2 Å². The molecule has 1 N–H and O–H groups in total. The van der Waals surface area contributed by atoms with Crippen molar-refractivity contribution in [2.45, 2.75) is 64.4 Å². The molecule has 0 saturated heterocycles. The molecule has 2 heteroatoms. The van der Waals surface area contributed by atoms with Crippen molar-refractivity contribution in [1.82, 2.24) is 0 Å².